The van der Waals surface area contributed by atoms with Crippen molar-refractivity contribution in [2.75, 3.05) is 5.73 Å². The second-order valence-corrected chi connectivity index (χ2v) is 5.76. The molecule has 10 nitrogen and oxygen atoms in total. The Morgan fingerprint density at radius 2 is 2.11 bits per heavy atom. The van der Waals surface area contributed by atoms with Crippen LogP contribution in [0.25, 0.3) is 11.2 Å². The van der Waals surface area contributed by atoms with Gasteiger partial charge in [-0.15, -0.1) is 0 Å². The number of rotatable bonds is 6. The predicted molar refractivity (Wildman–Crippen MR) is 92.7 cm³/mol. The van der Waals surface area contributed by atoms with E-state index in [1.807, 2.05) is 0 Å². The van der Waals surface area contributed by atoms with Crippen LogP contribution in [0.2, 0.25) is 0 Å². The molecule has 0 radical (unpaired) electrons. The summed E-state index contributed by atoms with van der Waals surface area (Å²) in [5.41, 5.74) is 11.2. The first-order chi connectivity index (χ1) is 12.8. The van der Waals surface area contributed by atoms with E-state index in [9.17, 15) is 19.8 Å². The number of anilines is 1. The fraction of sp³-hybridized carbons (Fsp3) is 0.118. The second-order valence-electron chi connectivity index (χ2n) is 5.76. The van der Waals surface area contributed by atoms with Crippen LogP contribution in [0.15, 0.2) is 37.2 Å². The molecule has 27 heavy (non-hydrogen) atoms. The van der Waals surface area contributed by atoms with Crippen molar-refractivity contribution in [1.82, 2.24) is 14.5 Å². The van der Waals surface area contributed by atoms with Gasteiger partial charge in [-0.3, -0.25) is 14.2 Å². The molecule has 5 N–H and O–H groups in total. The number of aromatic nitrogens is 4. The number of ketones is 1. The fourth-order valence-corrected chi connectivity index (χ4v) is 2.72. The van der Waals surface area contributed by atoms with Crippen LogP contribution in [0.1, 0.15) is 20.7 Å². The first kappa shape index (κ1) is 17.9. The fourth-order valence-electron chi connectivity index (χ4n) is 2.72. The molecule has 0 saturated heterocycles. The second kappa shape index (κ2) is 6.75. The smallest absolute Gasteiger partial charge is 0.307 e. The van der Waals surface area contributed by atoms with Crippen LogP contribution in [0.4, 0.5) is 5.95 Å². The molecular formula is C17H16N6O4. The zero-order valence-corrected chi connectivity index (χ0v) is 14.1. The number of hydrogen-bond acceptors (Lipinski definition) is 7. The minimum Gasteiger partial charge on any atom is -0.856 e. The molecule has 0 unspecified atom stereocenters. The number of Topliss-reactive ketones (excluding diaryl/α,β-unsaturated/α-hetero) is 1. The van der Waals surface area contributed by atoms with Crippen LogP contribution < -0.4 is 21.1 Å². The Morgan fingerprint density at radius 1 is 1.37 bits per heavy atom. The highest BCUT2D eigenvalue weighted by Gasteiger charge is 2.22. The van der Waals surface area contributed by atoms with E-state index in [0.29, 0.717) is 6.54 Å². The van der Waals surface area contributed by atoms with E-state index in [0.717, 1.165) is 0 Å². The number of nitrogens with two attached hydrogens (primary N) is 2. The molecule has 3 rings (SSSR count). The Morgan fingerprint density at radius 3 is 2.78 bits per heavy atom. The molecule has 0 fully saturated rings. The van der Waals surface area contributed by atoms with Crippen molar-refractivity contribution in [3.8, 4) is 11.6 Å². The van der Waals surface area contributed by atoms with Crippen molar-refractivity contribution >= 4 is 28.8 Å². The van der Waals surface area contributed by atoms with Crippen LogP contribution in [-0.2, 0) is 13.1 Å². The van der Waals surface area contributed by atoms with E-state index >= 15 is 0 Å². The molecule has 1 aromatic carbocycles. The van der Waals surface area contributed by atoms with Gasteiger partial charge in [0.2, 0.25) is 0 Å². The third-order valence-corrected chi connectivity index (χ3v) is 3.91. The normalized spacial score (nSPS) is 10.8. The highest BCUT2D eigenvalue weighted by molar-refractivity contribution is 6.01. The van der Waals surface area contributed by atoms with Crippen LogP contribution in [0.3, 0.4) is 0 Å². The molecule has 0 bridgehead atoms. The SMILES string of the molecule is C=CCn1c[n+](CC(=O)c2ccc(O)c(C(N)=O)c2)c2nc(N)nc([O-])c21. The highest BCUT2D eigenvalue weighted by atomic mass is 16.3. The van der Waals surface area contributed by atoms with Gasteiger partial charge in [-0.1, -0.05) is 17.6 Å². The summed E-state index contributed by atoms with van der Waals surface area (Å²) in [6.45, 7) is 3.76. The highest BCUT2D eigenvalue weighted by Crippen LogP contribution is 2.20. The number of hydrogen-bond donors (Lipinski definition) is 3. The van der Waals surface area contributed by atoms with Gasteiger partial charge in [0.15, 0.2) is 17.6 Å². The summed E-state index contributed by atoms with van der Waals surface area (Å²) in [5.74, 6) is -2.32. The average Bonchev–Trinajstić information content (AvgIpc) is 2.92. The van der Waals surface area contributed by atoms with Gasteiger partial charge in [-0.2, -0.15) is 0 Å². The number of benzene rings is 1. The molecule has 0 aliphatic heterocycles. The van der Waals surface area contributed by atoms with Gasteiger partial charge in [0, 0.05) is 11.4 Å². The quantitative estimate of drug-likeness (QED) is 0.292. The molecule has 0 spiro atoms. The molecule has 0 aliphatic carbocycles. The molecule has 2 aromatic heterocycles. The Kier molecular flexibility index (Phi) is 4.46. The van der Waals surface area contributed by atoms with Crippen LogP contribution in [-0.4, -0.2) is 31.3 Å². The van der Waals surface area contributed by atoms with E-state index in [4.69, 9.17) is 11.5 Å². The third kappa shape index (κ3) is 3.27. The first-order valence-electron chi connectivity index (χ1n) is 7.81. The maximum absolute atomic E-state index is 12.6. The minimum absolute atomic E-state index is 0.159. The zero-order valence-electron chi connectivity index (χ0n) is 14.1. The summed E-state index contributed by atoms with van der Waals surface area (Å²) >= 11 is 0. The average molecular weight is 368 g/mol. The lowest BCUT2D eigenvalue weighted by Crippen LogP contribution is -2.37. The zero-order chi connectivity index (χ0) is 19.7. The van der Waals surface area contributed by atoms with Crippen LogP contribution in [0, 0.1) is 0 Å². The van der Waals surface area contributed by atoms with Gasteiger partial charge >= 0.3 is 5.65 Å². The summed E-state index contributed by atoms with van der Waals surface area (Å²) in [6, 6.07) is 3.80. The number of nitrogen functional groups attached to an aromatic ring is 1. The number of phenols is 1. The Balaban J connectivity index is 2.04. The van der Waals surface area contributed by atoms with Crippen molar-refractivity contribution in [2.45, 2.75) is 13.1 Å². The van der Waals surface area contributed by atoms with Crippen molar-refractivity contribution in [3.05, 3.63) is 48.3 Å². The van der Waals surface area contributed by atoms with Crippen molar-refractivity contribution in [1.29, 1.82) is 0 Å². The van der Waals surface area contributed by atoms with Crippen LogP contribution >= 0.6 is 0 Å². The van der Waals surface area contributed by atoms with E-state index in [1.54, 1.807) is 10.6 Å². The van der Waals surface area contributed by atoms with Gasteiger partial charge in [0.1, 0.15) is 12.3 Å². The topological polar surface area (TPSA) is 164 Å². The van der Waals surface area contributed by atoms with Gasteiger partial charge < -0.3 is 21.7 Å². The monoisotopic (exact) mass is 368 g/mol. The number of allylic oxidation sites excluding steroid dienone is 1. The molecule has 2 heterocycles. The number of imidazole rings is 1. The molecule has 0 saturated carbocycles. The maximum Gasteiger partial charge on any atom is 0.307 e. The number of aromatic hydroxyl groups is 1. The van der Waals surface area contributed by atoms with E-state index in [-0.39, 0.29) is 46.3 Å². The standard InChI is InChI=1S/C17H16N6O4/c1-2-5-22-8-23(15-13(22)16(27)21-17(19)20-15)7-12(25)9-3-4-11(24)10(6-9)14(18)26/h2-4,6,8H,1,5,7H2,(H5-,18,19,20,21,24,25,26,27). The Labute approximate surface area is 153 Å². The molecular weight excluding hydrogens is 352 g/mol. The summed E-state index contributed by atoms with van der Waals surface area (Å²) in [6.07, 6.45) is 3.12. The largest absolute Gasteiger partial charge is 0.856 e. The van der Waals surface area contributed by atoms with Crippen LogP contribution in [0.5, 0.6) is 11.6 Å². The molecule has 10 heteroatoms. The maximum atomic E-state index is 12.6. The lowest BCUT2D eigenvalue weighted by Gasteiger charge is -2.05. The molecule has 3 aromatic rings. The van der Waals surface area contributed by atoms with Crippen molar-refractivity contribution < 1.29 is 24.4 Å². The number of primary amides is 1. The Bertz CT molecular complexity index is 1090. The lowest BCUT2D eigenvalue weighted by molar-refractivity contribution is -0.659. The molecule has 0 aliphatic rings. The first-order valence-corrected chi connectivity index (χ1v) is 7.81. The van der Waals surface area contributed by atoms with Crippen molar-refractivity contribution in [2.24, 2.45) is 5.73 Å². The lowest BCUT2D eigenvalue weighted by atomic mass is 10.1. The number of fused-ring (bicyclic) bond motifs is 1. The summed E-state index contributed by atoms with van der Waals surface area (Å²) in [7, 11) is 0. The van der Waals surface area contributed by atoms with E-state index < -0.39 is 11.8 Å². The number of amides is 1. The van der Waals surface area contributed by atoms with Gasteiger partial charge in [0.05, 0.1) is 12.1 Å². The van der Waals surface area contributed by atoms with E-state index in [2.05, 4.69) is 16.5 Å². The van der Waals surface area contributed by atoms with Gasteiger partial charge in [0.25, 0.3) is 11.9 Å². The summed E-state index contributed by atoms with van der Waals surface area (Å²) < 4.78 is 3.01. The summed E-state index contributed by atoms with van der Waals surface area (Å²) in [5, 5.41) is 21.8. The number of carbonyl (C=O) groups is 2. The molecule has 1 amide bonds. The number of carbonyl (C=O) groups excluding carboxylic acids is 2. The number of nitrogens with zero attached hydrogens (tertiary/aromatic N) is 4. The van der Waals surface area contributed by atoms with Gasteiger partial charge in [-0.05, 0) is 18.2 Å². The van der Waals surface area contributed by atoms with E-state index in [1.165, 1.54) is 29.1 Å². The summed E-state index contributed by atoms with van der Waals surface area (Å²) in [4.78, 5) is 31.7. The third-order valence-electron chi connectivity index (χ3n) is 3.91. The van der Waals surface area contributed by atoms with Gasteiger partial charge in [-0.25, -0.2) is 9.55 Å². The predicted octanol–water partition coefficient (Wildman–Crippen LogP) is -0.752. The Hall–Kier alpha value is -3.95. The minimum atomic E-state index is -0.853. The molecule has 0 atom stereocenters. The molecule has 138 valence electrons. The van der Waals surface area contributed by atoms with Crippen molar-refractivity contribution in [3.63, 3.8) is 0 Å².